The maximum absolute atomic E-state index is 12.5. The lowest BCUT2D eigenvalue weighted by Crippen LogP contribution is -2.23. The predicted octanol–water partition coefficient (Wildman–Crippen LogP) is 6.01. The number of carbonyl (C=O) groups is 2. The normalized spacial score (nSPS) is 13.0. The van der Waals surface area contributed by atoms with Gasteiger partial charge in [0.1, 0.15) is 5.75 Å². The first-order valence-electron chi connectivity index (χ1n) is 10.8. The average molecular weight is 391 g/mol. The van der Waals surface area contributed by atoms with Crippen LogP contribution in [0.3, 0.4) is 0 Å². The molecular weight excluding hydrogens is 352 g/mol. The summed E-state index contributed by atoms with van der Waals surface area (Å²) in [6.45, 7) is 10.1. The lowest BCUT2D eigenvalue weighted by atomic mass is 9.97. The van der Waals surface area contributed by atoms with Crippen molar-refractivity contribution in [2.45, 2.75) is 86.0 Å². The van der Waals surface area contributed by atoms with Gasteiger partial charge in [0.25, 0.3) is 0 Å². The molecule has 158 valence electrons. The van der Waals surface area contributed by atoms with Crippen molar-refractivity contribution in [1.82, 2.24) is 0 Å². The first-order valence-corrected chi connectivity index (χ1v) is 10.8. The van der Waals surface area contributed by atoms with Gasteiger partial charge in [0.15, 0.2) is 0 Å². The van der Waals surface area contributed by atoms with E-state index in [-0.39, 0.29) is 29.4 Å². The van der Waals surface area contributed by atoms with Crippen molar-refractivity contribution < 1.29 is 14.7 Å². The van der Waals surface area contributed by atoms with Crippen LogP contribution in [0.5, 0.6) is 5.75 Å². The molecule has 0 radical (unpaired) electrons. The second kappa shape index (κ2) is 12.4. The minimum absolute atomic E-state index is 0.0131. The number of benzene rings is 1. The molecule has 2 amide bonds. The fourth-order valence-electron chi connectivity index (χ4n) is 3.34. The molecule has 1 aromatic carbocycles. The predicted molar refractivity (Wildman–Crippen MR) is 117 cm³/mol. The van der Waals surface area contributed by atoms with Crippen molar-refractivity contribution in [2.24, 2.45) is 11.8 Å². The van der Waals surface area contributed by atoms with Gasteiger partial charge in [-0.15, -0.1) is 0 Å². The van der Waals surface area contributed by atoms with Gasteiger partial charge in [0.05, 0.1) is 5.69 Å². The maximum atomic E-state index is 12.5. The molecule has 0 aliphatic carbocycles. The third-order valence-electron chi connectivity index (χ3n) is 5.40. The highest BCUT2D eigenvalue weighted by Crippen LogP contribution is 2.31. The molecule has 5 heteroatoms. The second-order valence-corrected chi connectivity index (χ2v) is 7.66. The minimum Gasteiger partial charge on any atom is -0.506 e. The van der Waals surface area contributed by atoms with E-state index in [1.807, 2.05) is 20.8 Å². The third kappa shape index (κ3) is 7.17. The molecule has 0 aliphatic heterocycles. The van der Waals surface area contributed by atoms with Crippen LogP contribution in [0.1, 0.15) is 84.6 Å². The molecule has 1 aromatic rings. The van der Waals surface area contributed by atoms with Crippen molar-refractivity contribution in [3.05, 3.63) is 17.7 Å². The Hall–Kier alpha value is -2.04. The molecule has 2 atom stereocenters. The Labute approximate surface area is 170 Å². The summed E-state index contributed by atoms with van der Waals surface area (Å²) >= 11 is 0. The van der Waals surface area contributed by atoms with E-state index in [0.29, 0.717) is 11.4 Å². The molecule has 0 fully saturated rings. The highest BCUT2D eigenvalue weighted by Gasteiger charge is 2.20. The number of hydrogen-bond acceptors (Lipinski definition) is 3. The highest BCUT2D eigenvalue weighted by atomic mass is 16.3. The number of aryl methyl sites for hydroxylation is 1. The molecule has 0 aromatic heterocycles. The largest absolute Gasteiger partial charge is 0.506 e. The molecule has 0 aliphatic rings. The number of amides is 2. The van der Waals surface area contributed by atoms with Gasteiger partial charge in [-0.25, -0.2) is 0 Å². The van der Waals surface area contributed by atoms with Crippen molar-refractivity contribution >= 4 is 23.2 Å². The molecule has 1 rings (SSSR count). The molecule has 0 bridgehead atoms. The number of nitrogens with one attached hydrogen (secondary N) is 2. The smallest absolute Gasteiger partial charge is 0.227 e. The van der Waals surface area contributed by atoms with Gasteiger partial charge in [-0.3, -0.25) is 9.59 Å². The lowest BCUT2D eigenvalue weighted by Gasteiger charge is -2.18. The molecule has 0 saturated carbocycles. The molecule has 3 N–H and O–H groups in total. The number of unbranched alkanes of at least 4 members (excludes halogenated alkanes) is 2. The van der Waals surface area contributed by atoms with Gasteiger partial charge < -0.3 is 15.7 Å². The molecule has 0 saturated heterocycles. The summed E-state index contributed by atoms with van der Waals surface area (Å²) in [4.78, 5) is 25.1. The first-order chi connectivity index (χ1) is 13.4. The van der Waals surface area contributed by atoms with Gasteiger partial charge in [-0.1, -0.05) is 53.4 Å². The van der Waals surface area contributed by atoms with Gasteiger partial charge in [-0.05, 0) is 44.2 Å². The second-order valence-electron chi connectivity index (χ2n) is 7.66. The first kappa shape index (κ1) is 24.0. The zero-order chi connectivity index (χ0) is 21.1. The quantitative estimate of drug-likeness (QED) is 0.382. The summed E-state index contributed by atoms with van der Waals surface area (Å²) in [5, 5.41) is 16.2. The maximum Gasteiger partial charge on any atom is 0.227 e. The Kier molecular flexibility index (Phi) is 10.6. The Morgan fingerprint density at radius 2 is 1.32 bits per heavy atom. The number of aromatic hydroxyl groups is 1. The van der Waals surface area contributed by atoms with E-state index >= 15 is 0 Å². The standard InChI is InChI=1S/C23H38N2O3/c1-6-10-12-17(8-3)22(27)24-19-15-21(26)20(14-16(19)5)25-23(28)18(9-4)13-11-7-2/h14-15,17-18,26H,6-13H2,1-5H3,(H,24,27)(H,25,28). The van der Waals surface area contributed by atoms with Crippen molar-refractivity contribution in [3.63, 3.8) is 0 Å². The summed E-state index contributed by atoms with van der Waals surface area (Å²) in [6, 6.07) is 3.25. The molecule has 5 nitrogen and oxygen atoms in total. The van der Waals surface area contributed by atoms with Crippen LogP contribution in [-0.2, 0) is 9.59 Å². The summed E-state index contributed by atoms with van der Waals surface area (Å²) < 4.78 is 0. The molecule has 28 heavy (non-hydrogen) atoms. The topological polar surface area (TPSA) is 78.4 Å². The van der Waals surface area contributed by atoms with Gasteiger partial charge in [-0.2, -0.15) is 0 Å². The Morgan fingerprint density at radius 3 is 1.75 bits per heavy atom. The van der Waals surface area contributed by atoms with Crippen LogP contribution in [0, 0.1) is 18.8 Å². The summed E-state index contributed by atoms with van der Waals surface area (Å²) in [7, 11) is 0. The Balaban J connectivity index is 2.86. The van der Waals surface area contributed by atoms with Crippen LogP contribution in [-0.4, -0.2) is 16.9 Å². The van der Waals surface area contributed by atoms with Crippen LogP contribution < -0.4 is 10.6 Å². The van der Waals surface area contributed by atoms with E-state index in [4.69, 9.17) is 0 Å². The van der Waals surface area contributed by atoms with Crippen LogP contribution in [0.4, 0.5) is 11.4 Å². The van der Waals surface area contributed by atoms with Gasteiger partial charge in [0, 0.05) is 23.6 Å². The van der Waals surface area contributed by atoms with Crippen LogP contribution in [0.2, 0.25) is 0 Å². The lowest BCUT2D eigenvalue weighted by molar-refractivity contribution is -0.121. The summed E-state index contributed by atoms with van der Waals surface area (Å²) in [5.74, 6) is -0.178. The summed E-state index contributed by atoms with van der Waals surface area (Å²) in [6.07, 6.45) is 7.44. The van der Waals surface area contributed by atoms with Crippen LogP contribution in [0.25, 0.3) is 0 Å². The van der Waals surface area contributed by atoms with Gasteiger partial charge in [0.2, 0.25) is 11.8 Å². The molecule has 0 heterocycles. The van der Waals surface area contributed by atoms with E-state index in [1.165, 1.54) is 6.07 Å². The van der Waals surface area contributed by atoms with Crippen molar-refractivity contribution in [3.8, 4) is 5.75 Å². The molecule has 2 unspecified atom stereocenters. The van der Waals surface area contributed by atoms with Crippen LogP contribution in [0.15, 0.2) is 12.1 Å². The highest BCUT2D eigenvalue weighted by molar-refractivity contribution is 5.96. The van der Waals surface area contributed by atoms with Crippen molar-refractivity contribution in [2.75, 3.05) is 10.6 Å². The number of phenols is 1. The number of anilines is 2. The number of hydrogen-bond donors (Lipinski definition) is 3. The minimum atomic E-state index is -0.0620. The zero-order valence-electron chi connectivity index (χ0n) is 18.2. The van der Waals surface area contributed by atoms with Gasteiger partial charge >= 0.3 is 0 Å². The fraction of sp³-hybridized carbons (Fsp3) is 0.652. The van der Waals surface area contributed by atoms with E-state index in [0.717, 1.165) is 56.9 Å². The average Bonchev–Trinajstić information content (AvgIpc) is 2.67. The molecular formula is C23H38N2O3. The zero-order valence-corrected chi connectivity index (χ0v) is 18.2. The molecule has 0 spiro atoms. The van der Waals surface area contributed by atoms with E-state index < -0.39 is 0 Å². The Bertz CT molecular complexity index is 587. The third-order valence-corrected chi connectivity index (χ3v) is 5.40. The summed E-state index contributed by atoms with van der Waals surface area (Å²) in [5.41, 5.74) is 1.80. The Morgan fingerprint density at radius 1 is 0.857 bits per heavy atom. The number of phenolic OH excluding ortho intramolecular Hbond substituents is 1. The SMILES string of the molecule is CCCCC(CC)C(=O)Nc1cc(O)c(NC(=O)C(CC)CCCC)cc1C. The number of carbonyl (C=O) groups excluding carboxylic acids is 2. The van der Waals surface area contributed by atoms with E-state index in [1.54, 1.807) is 6.07 Å². The monoisotopic (exact) mass is 390 g/mol. The van der Waals surface area contributed by atoms with E-state index in [9.17, 15) is 14.7 Å². The fourth-order valence-corrected chi connectivity index (χ4v) is 3.34. The number of rotatable bonds is 12. The van der Waals surface area contributed by atoms with Crippen LogP contribution >= 0.6 is 0 Å². The van der Waals surface area contributed by atoms with E-state index in [2.05, 4.69) is 24.5 Å². The van der Waals surface area contributed by atoms with Crippen molar-refractivity contribution in [1.29, 1.82) is 0 Å².